The van der Waals surface area contributed by atoms with Crippen LogP contribution in [0.3, 0.4) is 0 Å². The molecule has 2 aliphatic rings. The summed E-state index contributed by atoms with van der Waals surface area (Å²) in [7, 11) is 4.83. The third kappa shape index (κ3) is 6.75. The number of rotatable bonds is 11. The van der Waals surface area contributed by atoms with Crippen molar-refractivity contribution in [2.45, 2.75) is 63.9 Å². The fourth-order valence-corrected chi connectivity index (χ4v) is 5.81. The molecule has 0 saturated carbocycles. The molecule has 2 aliphatic heterocycles. The van der Waals surface area contributed by atoms with E-state index >= 15 is 0 Å². The minimum atomic E-state index is -0.467. The highest BCUT2D eigenvalue weighted by Gasteiger charge is 2.36. The molecule has 0 aliphatic carbocycles. The number of carbonyl (C=O) groups excluding carboxylic acids is 2. The molecule has 2 amide bonds. The van der Waals surface area contributed by atoms with Gasteiger partial charge in [-0.2, -0.15) is 0 Å². The van der Waals surface area contributed by atoms with Crippen LogP contribution in [0.2, 0.25) is 0 Å². The number of hydrogen-bond donors (Lipinski definition) is 2. The van der Waals surface area contributed by atoms with Crippen LogP contribution in [0.4, 0.5) is 11.4 Å². The van der Waals surface area contributed by atoms with E-state index < -0.39 is 5.91 Å². The lowest BCUT2D eigenvalue weighted by Gasteiger charge is -2.35. The van der Waals surface area contributed by atoms with Crippen LogP contribution < -0.4 is 10.6 Å². The maximum absolute atomic E-state index is 13.3. The van der Waals surface area contributed by atoms with Crippen LogP contribution in [0, 0.1) is 6.92 Å². The van der Waals surface area contributed by atoms with E-state index in [1.165, 1.54) is 0 Å². The van der Waals surface area contributed by atoms with Crippen molar-refractivity contribution < 1.29 is 28.5 Å². The van der Waals surface area contributed by atoms with Gasteiger partial charge in [0.15, 0.2) is 11.8 Å². The summed E-state index contributed by atoms with van der Waals surface area (Å²) in [6.07, 6.45) is 6.76. The molecule has 2 N–H and O–H groups in total. The first-order chi connectivity index (χ1) is 21.1. The molecule has 0 aromatic carbocycles. The largest absolute Gasteiger partial charge is 0.485 e. The number of nitrogens with one attached hydrogen (secondary N) is 2. The predicted octanol–water partition coefficient (Wildman–Crippen LogP) is 3.30. The van der Waals surface area contributed by atoms with Crippen molar-refractivity contribution in [1.82, 2.24) is 24.5 Å². The molecule has 5 rings (SSSR count). The fraction of sp³-hybridized carbons (Fsp3) is 0.516. The van der Waals surface area contributed by atoms with Crippen LogP contribution in [0.5, 0.6) is 0 Å². The Balaban J connectivity index is 1.27. The molecule has 44 heavy (non-hydrogen) atoms. The first kappa shape index (κ1) is 31.5. The van der Waals surface area contributed by atoms with Gasteiger partial charge in [0.25, 0.3) is 5.91 Å². The molecule has 13 heteroatoms. The molecule has 1 fully saturated rings. The highest BCUT2D eigenvalue weighted by molar-refractivity contribution is 6.03. The molecular weight excluding hydrogens is 566 g/mol. The normalized spacial score (nSPS) is 21.6. The van der Waals surface area contributed by atoms with Crippen LogP contribution in [-0.2, 0) is 23.7 Å². The Hall–Kier alpha value is -3.91. The summed E-state index contributed by atoms with van der Waals surface area (Å²) in [6, 6.07) is 5.29. The average Bonchev–Trinajstić information content (AvgIpc) is 3.59. The van der Waals surface area contributed by atoms with E-state index in [0.29, 0.717) is 48.0 Å². The summed E-state index contributed by atoms with van der Waals surface area (Å²) in [6.45, 7) is 8.23. The Morgan fingerprint density at radius 3 is 2.66 bits per heavy atom. The topological polar surface area (TPSA) is 141 Å². The third-order valence-corrected chi connectivity index (χ3v) is 8.36. The second-order valence-corrected chi connectivity index (χ2v) is 11.7. The summed E-state index contributed by atoms with van der Waals surface area (Å²) >= 11 is 0. The van der Waals surface area contributed by atoms with E-state index in [1.807, 2.05) is 12.1 Å². The minimum absolute atomic E-state index is 0.0960. The zero-order chi connectivity index (χ0) is 31.4. The number of ether oxygens (including phenoxy) is 4. The molecule has 0 radical (unpaired) electrons. The molecule has 3 aromatic heterocycles. The van der Waals surface area contributed by atoms with Gasteiger partial charge in [-0.15, -0.1) is 10.2 Å². The summed E-state index contributed by atoms with van der Waals surface area (Å²) in [5.74, 6) is 0.118. The standard InChI is InChI=1S/C31H41N7O6/c1-19-22(15-21(17-32-19)33-27(39)9-12-37-11-7-10-31(37,2)3)34-30(40)29-36-35-26-14-20(8-13-38(26)29)23-16-24(42-5)28(43-6)25(44-23)18-41-4/h8,13-17,24-25,28H,7,9-12,18H2,1-6H3,(H,33,39)(H,34,40)/t24-,25-,28+/m1/s1. The van der Waals surface area contributed by atoms with Gasteiger partial charge in [-0.05, 0) is 64.4 Å². The van der Waals surface area contributed by atoms with Crippen LogP contribution >= 0.6 is 0 Å². The number of anilines is 2. The van der Waals surface area contributed by atoms with Gasteiger partial charge in [0.05, 0.1) is 29.9 Å². The lowest BCUT2D eigenvalue weighted by molar-refractivity contribution is -0.116. The molecule has 0 spiro atoms. The second-order valence-electron chi connectivity index (χ2n) is 11.7. The number of nitrogens with zero attached hydrogens (tertiary/aromatic N) is 5. The zero-order valence-electron chi connectivity index (χ0n) is 26.1. The Labute approximate surface area is 256 Å². The van der Waals surface area contributed by atoms with Gasteiger partial charge in [-0.1, -0.05) is 0 Å². The SMILES string of the molecule is COC[C@H]1OC(c2ccn3c(C(=O)Nc4cc(NC(=O)CCN5CCCC5(C)C)cnc4C)nnc3c2)=C[C@@H](OC)[C@@H]1OC. The van der Waals surface area contributed by atoms with Gasteiger partial charge in [-0.3, -0.25) is 23.9 Å². The summed E-state index contributed by atoms with van der Waals surface area (Å²) in [5.41, 5.74) is 2.88. The molecule has 3 aromatic rings. The first-order valence-corrected chi connectivity index (χ1v) is 14.7. The lowest BCUT2D eigenvalue weighted by Crippen LogP contribution is -2.45. The van der Waals surface area contributed by atoms with Gasteiger partial charge in [0, 0.05) is 51.6 Å². The maximum atomic E-state index is 13.3. The highest BCUT2D eigenvalue weighted by Crippen LogP contribution is 2.30. The van der Waals surface area contributed by atoms with Gasteiger partial charge in [0.1, 0.15) is 18.0 Å². The Bertz CT molecular complexity index is 1540. The number of likely N-dealkylation sites (tertiary alicyclic amines) is 1. The number of hydrogen-bond acceptors (Lipinski definition) is 10. The smallest absolute Gasteiger partial charge is 0.294 e. The van der Waals surface area contributed by atoms with E-state index in [0.717, 1.165) is 24.9 Å². The Morgan fingerprint density at radius 2 is 1.95 bits per heavy atom. The highest BCUT2D eigenvalue weighted by atomic mass is 16.6. The number of aromatic nitrogens is 4. The van der Waals surface area contributed by atoms with Crippen LogP contribution in [0.15, 0.2) is 36.7 Å². The number of methoxy groups -OCH3 is 3. The van der Waals surface area contributed by atoms with Gasteiger partial charge < -0.3 is 29.6 Å². The quantitative estimate of drug-likeness (QED) is 0.334. The van der Waals surface area contributed by atoms with Gasteiger partial charge in [-0.25, -0.2) is 0 Å². The molecule has 5 heterocycles. The molecule has 0 bridgehead atoms. The lowest BCUT2D eigenvalue weighted by atomic mass is 10.0. The van der Waals surface area contributed by atoms with Crippen molar-refractivity contribution in [3.05, 3.63) is 53.8 Å². The van der Waals surface area contributed by atoms with Gasteiger partial charge >= 0.3 is 0 Å². The minimum Gasteiger partial charge on any atom is -0.485 e. The molecule has 0 unspecified atom stereocenters. The predicted molar refractivity (Wildman–Crippen MR) is 164 cm³/mol. The molecular formula is C31H41N7O6. The summed E-state index contributed by atoms with van der Waals surface area (Å²) in [4.78, 5) is 32.7. The number of pyridine rings is 2. The van der Waals surface area contributed by atoms with E-state index in [9.17, 15) is 9.59 Å². The number of aryl methyl sites for hydroxylation is 1. The van der Waals surface area contributed by atoms with E-state index in [1.54, 1.807) is 57.2 Å². The van der Waals surface area contributed by atoms with E-state index in [4.69, 9.17) is 18.9 Å². The van der Waals surface area contributed by atoms with Crippen molar-refractivity contribution in [1.29, 1.82) is 0 Å². The monoisotopic (exact) mass is 607 g/mol. The molecule has 13 nitrogen and oxygen atoms in total. The Morgan fingerprint density at radius 1 is 1.14 bits per heavy atom. The third-order valence-electron chi connectivity index (χ3n) is 8.36. The van der Waals surface area contributed by atoms with Gasteiger partial charge in [0.2, 0.25) is 11.7 Å². The van der Waals surface area contributed by atoms with E-state index in [-0.39, 0.29) is 35.6 Å². The second kappa shape index (κ2) is 13.4. The summed E-state index contributed by atoms with van der Waals surface area (Å²) in [5, 5.41) is 14.1. The zero-order valence-corrected chi connectivity index (χ0v) is 26.1. The average molecular weight is 608 g/mol. The Kier molecular flexibility index (Phi) is 9.59. The fourth-order valence-electron chi connectivity index (χ4n) is 5.81. The molecule has 3 atom stereocenters. The number of carbonyl (C=O) groups is 2. The maximum Gasteiger partial charge on any atom is 0.294 e. The van der Waals surface area contributed by atoms with E-state index in [2.05, 4.69) is 44.6 Å². The van der Waals surface area contributed by atoms with Crippen molar-refractivity contribution in [2.24, 2.45) is 0 Å². The first-order valence-electron chi connectivity index (χ1n) is 14.7. The van der Waals surface area contributed by atoms with Crippen molar-refractivity contribution >= 4 is 34.6 Å². The summed E-state index contributed by atoms with van der Waals surface area (Å²) < 4.78 is 24.3. The molecule has 236 valence electrons. The van der Waals surface area contributed by atoms with Crippen LogP contribution in [-0.4, -0.2) is 101 Å². The number of amides is 2. The number of fused-ring (bicyclic) bond motifs is 1. The van der Waals surface area contributed by atoms with Crippen molar-refractivity contribution in [3.63, 3.8) is 0 Å². The van der Waals surface area contributed by atoms with Crippen molar-refractivity contribution in [2.75, 3.05) is 51.7 Å². The van der Waals surface area contributed by atoms with Crippen molar-refractivity contribution in [3.8, 4) is 0 Å². The van der Waals surface area contributed by atoms with Crippen LogP contribution in [0.1, 0.15) is 55.0 Å². The van der Waals surface area contributed by atoms with Crippen LogP contribution in [0.25, 0.3) is 11.4 Å². The molecule has 1 saturated heterocycles.